The number of amides is 1. The Balaban J connectivity index is 1.74. The summed E-state index contributed by atoms with van der Waals surface area (Å²) in [5.41, 5.74) is 8.15. The van der Waals surface area contributed by atoms with Crippen LogP contribution in [0.4, 0.5) is 11.8 Å². The molecule has 1 fully saturated rings. The minimum atomic E-state index is -0.489. The predicted octanol–water partition coefficient (Wildman–Crippen LogP) is 1.26. The van der Waals surface area contributed by atoms with Crippen LogP contribution in [0, 0.1) is 0 Å². The normalized spacial score (nSPS) is 16.7. The van der Waals surface area contributed by atoms with Gasteiger partial charge in [-0.25, -0.2) is 9.88 Å². The van der Waals surface area contributed by atoms with E-state index in [2.05, 4.69) is 57.1 Å². The molecule has 0 bridgehead atoms. The second kappa shape index (κ2) is 10.1. The van der Waals surface area contributed by atoms with E-state index in [9.17, 15) is 4.79 Å². The van der Waals surface area contributed by atoms with E-state index in [1.165, 1.54) is 5.70 Å². The van der Waals surface area contributed by atoms with Gasteiger partial charge >= 0.3 is 5.95 Å². The number of rotatable bonds is 8. The van der Waals surface area contributed by atoms with Crippen molar-refractivity contribution in [3.63, 3.8) is 0 Å². The summed E-state index contributed by atoms with van der Waals surface area (Å²) in [7, 11) is 1.85. The molecule has 1 aromatic heterocycles. The van der Waals surface area contributed by atoms with Crippen LogP contribution in [-0.4, -0.2) is 48.5 Å². The van der Waals surface area contributed by atoms with Gasteiger partial charge in [-0.2, -0.15) is 0 Å². The van der Waals surface area contributed by atoms with E-state index in [0.29, 0.717) is 17.3 Å². The van der Waals surface area contributed by atoms with Crippen molar-refractivity contribution in [2.24, 2.45) is 12.8 Å². The highest BCUT2D eigenvalue weighted by molar-refractivity contribution is 5.97. The number of piperazine rings is 1. The van der Waals surface area contributed by atoms with Gasteiger partial charge in [0.05, 0.1) is 18.9 Å². The van der Waals surface area contributed by atoms with E-state index in [1.54, 1.807) is 10.8 Å². The second-order valence-corrected chi connectivity index (χ2v) is 7.30. The number of carbonyl (C=O) groups excluding carboxylic acids is 1. The number of nitrogens with two attached hydrogens (primary N) is 1. The van der Waals surface area contributed by atoms with Crippen LogP contribution in [0.2, 0.25) is 0 Å². The molecule has 1 aromatic rings. The Kier molecular flexibility index (Phi) is 7.24. The molecule has 8 nitrogen and oxygen atoms in total. The fourth-order valence-electron chi connectivity index (χ4n) is 3.37. The van der Waals surface area contributed by atoms with Crippen molar-refractivity contribution in [3.05, 3.63) is 47.5 Å². The smallest absolute Gasteiger partial charge is 0.369 e. The van der Waals surface area contributed by atoms with Crippen molar-refractivity contribution < 1.29 is 9.36 Å². The van der Waals surface area contributed by atoms with Gasteiger partial charge in [0.15, 0.2) is 0 Å². The Morgan fingerprint density at radius 1 is 1.31 bits per heavy atom. The third kappa shape index (κ3) is 5.57. The van der Waals surface area contributed by atoms with Crippen LogP contribution in [0.3, 0.4) is 0 Å². The maximum atomic E-state index is 11.8. The average Bonchev–Trinajstić information content (AvgIpc) is 2.96. The summed E-state index contributed by atoms with van der Waals surface area (Å²) >= 11 is 0. The number of allylic oxidation sites excluding steroid dienone is 4. The molecule has 1 aliphatic heterocycles. The second-order valence-electron chi connectivity index (χ2n) is 7.30. The molecule has 0 spiro atoms. The molecular formula is C21H32N7O+. The van der Waals surface area contributed by atoms with E-state index < -0.39 is 5.91 Å². The number of aromatic nitrogens is 2. The van der Waals surface area contributed by atoms with Gasteiger partial charge in [-0.05, 0) is 31.1 Å². The molecule has 0 atom stereocenters. The van der Waals surface area contributed by atoms with Crippen LogP contribution in [0.1, 0.15) is 36.5 Å². The van der Waals surface area contributed by atoms with E-state index >= 15 is 0 Å². The lowest BCUT2D eigenvalue weighted by Crippen LogP contribution is -2.42. The maximum Gasteiger partial charge on any atom is 0.398 e. The Bertz CT molecular complexity index is 823. The standard InChI is InChI=1S/C21H31N7O/c1-3-4-10-24-20-18(19(22)29)15-27(2)21(26-20)25-16-6-5-7-17(9-8-16)28-13-11-23-12-14-28/h6-9,15,23H,3-5,10-14H2,1-2H3,(H3,22,24,25,26,29)/p+1. The van der Waals surface area contributed by atoms with Gasteiger partial charge < -0.3 is 21.3 Å². The maximum absolute atomic E-state index is 11.8. The fourth-order valence-corrected chi connectivity index (χ4v) is 3.37. The number of aryl methyl sites for hydroxylation is 1. The molecule has 156 valence electrons. The third-order valence-corrected chi connectivity index (χ3v) is 5.05. The summed E-state index contributed by atoms with van der Waals surface area (Å²) in [6, 6.07) is 0. The van der Waals surface area contributed by atoms with Gasteiger partial charge in [-0.3, -0.25) is 4.79 Å². The molecule has 0 radical (unpaired) electrons. The lowest BCUT2D eigenvalue weighted by Gasteiger charge is -2.30. The zero-order valence-corrected chi connectivity index (χ0v) is 17.4. The average molecular weight is 399 g/mol. The molecule has 29 heavy (non-hydrogen) atoms. The van der Waals surface area contributed by atoms with Crippen LogP contribution in [-0.2, 0) is 7.05 Å². The third-order valence-electron chi connectivity index (χ3n) is 5.05. The molecule has 1 amide bonds. The van der Waals surface area contributed by atoms with Gasteiger partial charge in [0.1, 0.15) is 5.56 Å². The number of carbonyl (C=O) groups is 1. The minimum absolute atomic E-state index is 0.391. The first-order chi connectivity index (χ1) is 14.1. The van der Waals surface area contributed by atoms with E-state index in [0.717, 1.165) is 57.7 Å². The van der Waals surface area contributed by atoms with Crippen molar-refractivity contribution in [1.29, 1.82) is 0 Å². The first-order valence-corrected chi connectivity index (χ1v) is 10.3. The summed E-state index contributed by atoms with van der Waals surface area (Å²) in [6.45, 7) is 6.95. The van der Waals surface area contributed by atoms with Crippen LogP contribution < -0.4 is 26.3 Å². The van der Waals surface area contributed by atoms with Crippen molar-refractivity contribution in [2.45, 2.75) is 26.2 Å². The first-order valence-electron chi connectivity index (χ1n) is 10.3. The van der Waals surface area contributed by atoms with Gasteiger partial charge in [-0.1, -0.05) is 24.4 Å². The summed E-state index contributed by atoms with van der Waals surface area (Å²) in [4.78, 5) is 18.8. The Labute approximate surface area is 172 Å². The molecule has 1 aliphatic carbocycles. The number of nitrogens with zero attached hydrogens (tertiary/aromatic N) is 3. The van der Waals surface area contributed by atoms with Crippen LogP contribution in [0.15, 0.2) is 41.9 Å². The lowest BCUT2D eigenvalue weighted by atomic mass is 10.2. The summed E-state index contributed by atoms with van der Waals surface area (Å²) in [5, 5.41) is 10.0. The van der Waals surface area contributed by atoms with Crippen molar-refractivity contribution in [2.75, 3.05) is 43.4 Å². The number of unbranched alkanes of at least 4 members (excludes halogenated alkanes) is 1. The van der Waals surface area contributed by atoms with Crippen molar-refractivity contribution in [1.82, 2.24) is 15.2 Å². The highest BCUT2D eigenvalue weighted by Crippen LogP contribution is 2.17. The Morgan fingerprint density at radius 2 is 2.10 bits per heavy atom. The van der Waals surface area contributed by atoms with E-state index in [4.69, 9.17) is 5.73 Å². The molecule has 1 saturated heterocycles. The lowest BCUT2D eigenvalue weighted by molar-refractivity contribution is -0.659. The number of hydrogen-bond donors (Lipinski definition) is 4. The Morgan fingerprint density at radius 3 is 2.83 bits per heavy atom. The summed E-state index contributed by atoms with van der Waals surface area (Å²) in [5.74, 6) is 0.678. The fraction of sp³-hybridized carbons (Fsp3) is 0.476. The zero-order valence-electron chi connectivity index (χ0n) is 17.4. The van der Waals surface area contributed by atoms with E-state index in [1.807, 2.05) is 7.05 Å². The molecule has 2 aliphatic rings. The molecule has 3 rings (SSSR count). The SMILES string of the molecule is CCCCNc1nc(NC2=CCC=C(N3CCNCC3)C=C2)[n+](C)cc1C(N)=O. The summed E-state index contributed by atoms with van der Waals surface area (Å²) < 4.78 is 1.79. The molecule has 0 saturated carbocycles. The molecular weight excluding hydrogens is 366 g/mol. The quantitative estimate of drug-likeness (QED) is 0.389. The summed E-state index contributed by atoms with van der Waals surface area (Å²) in [6.07, 6.45) is 13.2. The number of hydrogen-bond acceptors (Lipinski definition) is 6. The van der Waals surface area contributed by atoms with Gasteiger partial charge in [-0.15, -0.1) is 0 Å². The van der Waals surface area contributed by atoms with Gasteiger partial charge in [0.25, 0.3) is 5.91 Å². The van der Waals surface area contributed by atoms with Crippen molar-refractivity contribution >= 4 is 17.7 Å². The monoisotopic (exact) mass is 398 g/mol. The van der Waals surface area contributed by atoms with Crippen LogP contribution >= 0.6 is 0 Å². The van der Waals surface area contributed by atoms with E-state index in [-0.39, 0.29) is 0 Å². The number of anilines is 2. The van der Waals surface area contributed by atoms with Crippen LogP contribution in [0.25, 0.3) is 0 Å². The largest absolute Gasteiger partial charge is 0.398 e. The first kappa shape index (κ1) is 20.9. The molecule has 2 heterocycles. The van der Waals surface area contributed by atoms with Crippen molar-refractivity contribution in [3.8, 4) is 0 Å². The topological polar surface area (TPSA) is 99.2 Å². The number of primary amides is 1. The van der Waals surface area contributed by atoms with Crippen LogP contribution in [0.5, 0.6) is 0 Å². The molecule has 0 unspecified atom stereocenters. The molecule has 8 heteroatoms. The Hall–Kier alpha value is -2.87. The minimum Gasteiger partial charge on any atom is -0.369 e. The predicted molar refractivity (Wildman–Crippen MR) is 115 cm³/mol. The highest BCUT2D eigenvalue weighted by atomic mass is 16.1. The molecule has 0 aromatic carbocycles. The van der Waals surface area contributed by atoms with Gasteiger partial charge in [0.2, 0.25) is 5.82 Å². The number of nitrogens with one attached hydrogen (secondary N) is 3. The zero-order chi connectivity index (χ0) is 20.6. The highest BCUT2D eigenvalue weighted by Gasteiger charge is 2.21. The molecule has 5 N–H and O–H groups in total. The van der Waals surface area contributed by atoms with Gasteiger partial charge in [0, 0.05) is 38.4 Å².